The molecule has 6 nitrogen and oxygen atoms in total. The van der Waals surface area contributed by atoms with Crippen molar-refractivity contribution < 1.29 is 14.6 Å². The maximum atomic E-state index is 10.4. The molecule has 0 radical (unpaired) electrons. The Morgan fingerprint density at radius 3 is 2.77 bits per heavy atom. The molecule has 3 rings (SSSR count). The number of aliphatic hydroxyl groups is 1. The predicted molar refractivity (Wildman–Crippen MR) is 120 cm³/mol. The maximum absolute atomic E-state index is 10.4. The van der Waals surface area contributed by atoms with Crippen molar-refractivity contribution in [2.45, 2.75) is 77.7 Å². The number of hydrogen-bond acceptors (Lipinski definition) is 4. The minimum Gasteiger partial charge on any atom is -0.392 e. The summed E-state index contributed by atoms with van der Waals surface area (Å²) >= 11 is 0. The fourth-order valence-corrected chi connectivity index (χ4v) is 4.26. The zero-order valence-electron chi connectivity index (χ0n) is 18.7. The van der Waals surface area contributed by atoms with E-state index in [0.717, 1.165) is 64.4 Å². The van der Waals surface area contributed by atoms with E-state index in [-0.39, 0.29) is 11.5 Å². The van der Waals surface area contributed by atoms with Gasteiger partial charge in [0.2, 0.25) is 0 Å². The van der Waals surface area contributed by atoms with E-state index in [4.69, 9.17) is 14.5 Å². The Labute approximate surface area is 181 Å². The second-order valence-electron chi connectivity index (χ2n) is 8.91. The summed E-state index contributed by atoms with van der Waals surface area (Å²) in [6.07, 6.45) is 6.29. The van der Waals surface area contributed by atoms with Gasteiger partial charge in [0.05, 0.1) is 25.4 Å². The van der Waals surface area contributed by atoms with Gasteiger partial charge in [0.1, 0.15) is 0 Å². The molecule has 3 N–H and O–H groups in total. The van der Waals surface area contributed by atoms with Crippen molar-refractivity contribution in [1.82, 2.24) is 10.6 Å². The summed E-state index contributed by atoms with van der Waals surface area (Å²) in [5.41, 5.74) is 2.27. The lowest BCUT2D eigenvalue weighted by molar-refractivity contribution is -0.0390. The highest BCUT2D eigenvalue weighted by atomic mass is 16.5. The second-order valence-corrected chi connectivity index (χ2v) is 8.91. The lowest BCUT2D eigenvalue weighted by Crippen LogP contribution is -2.48. The molecule has 2 fully saturated rings. The lowest BCUT2D eigenvalue weighted by atomic mass is 9.73. The van der Waals surface area contributed by atoms with Crippen molar-refractivity contribution in [1.29, 1.82) is 0 Å². The number of nitrogens with zero attached hydrogens (tertiary/aromatic N) is 1. The van der Waals surface area contributed by atoms with Crippen LogP contribution in [0.2, 0.25) is 0 Å². The van der Waals surface area contributed by atoms with E-state index in [9.17, 15) is 5.11 Å². The minimum absolute atomic E-state index is 0.0874. The Morgan fingerprint density at radius 2 is 2.00 bits per heavy atom. The molecule has 168 valence electrons. The molecule has 1 heterocycles. The number of aliphatic imine (C=N–C) groups is 1. The normalized spacial score (nSPS) is 25.8. The van der Waals surface area contributed by atoms with Gasteiger partial charge in [-0.3, -0.25) is 0 Å². The molecule has 1 aliphatic heterocycles. The van der Waals surface area contributed by atoms with Gasteiger partial charge in [-0.1, -0.05) is 44.0 Å². The third kappa shape index (κ3) is 6.96. The van der Waals surface area contributed by atoms with E-state index >= 15 is 0 Å². The standard InChI is InChI=1S/C24H39N3O3/c1-3-25-23(27-18-24(2)12-5-4-9-22(24)28)26-16-19-7-6-8-20(15-19)17-30-21-10-13-29-14-11-21/h6-8,15,21-22,28H,3-5,9-14,16-18H2,1-2H3,(H2,25,26,27). The van der Waals surface area contributed by atoms with Crippen molar-refractivity contribution in [2.75, 3.05) is 26.3 Å². The van der Waals surface area contributed by atoms with Crippen LogP contribution in [-0.2, 0) is 22.6 Å². The van der Waals surface area contributed by atoms with Gasteiger partial charge in [-0.25, -0.2) is 4.99 Å². The zero-order chi connectivity index (χ0) is 21.2. The first-order valence-corrected chi connectivity index (χ1v) is 11.6. The smallest absolute Gasteiger partial charge is 0.191 e. The molecule has 2 aliphatic rings. The number of hydrogen-bond donors (Lipinski definition) is 3. The Kier molecular flexibility index (Phi) is 8.97. The van der Waals surface area contributed by atoms with E-state index in [0.29, 0.717) is 19.3 Å². The molecular formula is C24H39N3O3. The topological polar surface area (TPSA) is 75.1 Å². The van der Waals surface area contributed by atoms with Gasteiger partial charge in [0, 0.05) is 31.7 Å². The van der Waals surface area contributed by atoms with E-state index in [1.54, 1.807) is 0 Å². The van der Waals surface area contributed by atoms with E-state index < -0.39 is 0 Å². The summed E-state index contributed by atoms with van der Waals surface area (Å²) in [5, 5.41) is 17.2. The monoisotopic (exact) mass is 417 g/mol. The number of rotatable bonds is 8. The van der Waals surface area contributed by atoms with Crippen LogP contribution in [0.15, 0.2) is 29.3 Å². The molecule has 1 aliphatic carbocycles. The molecule has 0 amide bonds. The molecule has 6 heteroatoms. The molecule has 30 heavy (non-hydrogen) atoms. The van der Waals surface area contributed by atoms with Crippen LogP contribution in [-0.4, -0.2) is 49.6 Å². The number of aliphatic hydroxyl groups excluding tert-OH is 1. The molecule has 1 aromatic carbocycles. The van der Waals surface area contributed by atoms with Gasteiger partial charge in [0.25, 0.3) is 0 Å². The molecule has 0 bridgehead atoms. The number of benzene rings is 1. The van der Waals surface area contributed by atoms with Gasteiger partial charge in [0.15, 0.2) is 5.96 Å². The third-order valence-electron chi connectivity index (χ3n) is 6.35. The highest BCUT2D eigenvalue weighted by molar-refractivity contribution is 5.79. The van der Waals surface area contributed by atoms with Gasteiger partial charge in [-0.2, -0.15) is 0 Å². The molecule has 2 atom stereocenters. The fraction of sp³-hybridized carbons (Fsp3) is 0.708. The van der Waals surface area contributed by atoms with Gasteiger partial charge in [-0.05, 0) is 43.7 Å². The van der Waals surface area contributed by atoms with Crippen molar-refractivity contribution in [2.24, 2.45) is 10.4 Å². The summed E-state index contributed by atoms with van der Waals surface area (Å²) in [5.74, 6) is 0.806. The second kappa shape index (κ2) is 11.7. The molecule has 1 saturated carbocycles. The van der Waals surface area contributed by atoms with Crippen molar-refractivity contribution >= 4 is 5.96 Å². The van der Waals surface area contributed by atoms with Crippen LogP contribution in [0.4, 0.5) is 0 Å². The van der Waals surface area contributed by atoms with Crippen LogP contribution in [0.3, 0.4) is 0 Å². The third-order valence-corrected chi connectivity index (χ3v) is 6.35. The average Bonchev–Trinajstić information content (AvgIpc) is 2.77. The van der Waals surface area contributed by atoms with E-state index in [1.807, 2.05) is 0 Å². The predicted octanol–water partition coefficient (Wildman–Crippen LogP) is 3.38. The van der Waals surface area contributed by atoms with Crippen LogP contribution in [0.5, 0.6) is 0 Å². The first-order chi connectivity index (χ1) is 14.6. The SMILES string of the molecule is CCNC(=NCc1cccc(COC2CCOCC2)c1)NCC1(C)CCCCC1O. The van der Waals surface area contributed by atoms with E-state index in [2.05, 4.69) is 48.7 Å². The Hall–Kier alpha value is -1.63. The zero-order valence-corrected chi connectivity index (χ0v) is 18.7. The molecule has 1 saturated heterocycles. The van der Waals surface area contributed by atoms with Gasteiger partial charge in [-0.15, -0.1) is 0 Å². The number of nitrogens with one attached hydrogen (secondary N) is 2. The van der Waals surface area contributed by atoms with Crippen molar-refractivity contribution in [3.63, 3.8) is 0 Å². The fourth-order valence-electron chi connectivity index (χ4n) is 4.26. The first-order valence-electron chi connectivity index (χ1n) is 11.6. The van der Waals surface area contributed by atoms with Crippen LogP contribution in [0.1, 0.15) is 63.5 Å². The highest BCUT2D eigenvalue weighted by Crippen LogP contribution is 2.35. The average molecular weight is 418 g/mol. The first kappa shape index (κ1) is 23.0. The quantitative estimate of drug-likeness (QED) is 0.447. The summed E-state index contributed by atoms with van der Waals surface area (Å²) in [6, 6.07) is 8.48. The largest absolute Gasteiger partial charge is 0.392 e. The number of guanidine groups is 1. The summed E-state index contributed by atoms with van der Waals surface area (Å²) < 4.78 is 11.4. The Balaban J connectivity index is 1.53. The summed E-state index contributed by atoms with van der Waals surface area (Å²) in [6.45, 7) is 8.64. The summed E-state index contributed by atoms with van der Waals surface area (Å²) in [7, 11) is 0. The van der Waals surface area contributed by atoms with Crippen LogP contribution >= 0.6 is 0 Å². The van der Waals surface area contributed by atoms with E-state index in [1.165, 1.54) is 17.5 Å². The molecule has 2 unspecified atom stereocenters. The minimum atomic E-state index is -0.242. The molecule has 1 aromatic rings. The van der Waals surface area contributed by atoms with Crippen molar-refractivity contribution in [3.05, 3.63) is 35.4 Å². The van der Waals surface area contributed by atoms with Crippen LogP contribution in [0, 0.1) is 5.41 Å². The van der Waals surface area contributed by atoms with Gasteiger partial charge >= 0.3 is 0 Å². The Morgan fingerprint density at radius 1 is 1.20 bits per heavy atom. The van der Waals surface area contributed by atoms with Crippen LogP contribution in [0.25, 0.3) is 0 Å². The molecular weight excluding hydrogens is 378 g/mol. The Bertz CT molecular complexity index is 675. The van der Waals surface area contributed by atoms with Gasteiger partial charge < -0.3 is 25.2 Å². The van der Waals surface area contributed by atoms with Crippen molar-refractivity contribution in [3.8, 4) is 0 Å². The maximum Gasteiger partial charge on any atom is 0.191 e. The summed E-state index contributed by atoms with van der Waals surface area (Å²) in [4.78, 5) is 4.77. The highest BCUT2D eigenvalue weighted by Gasteiger charge is 2.35. The lowest BCUT2D eigenvalue weighted by Gasteiger charge is -2.38. The number of ether oxygens (including phenoxy) is 2. The molecule has 0 spiro atoms. The van der Waals surface area contributed by atoms with Crippen LogP contribution < -0.4 is 10.6 Å². The molecule has 0 aromatic heterocycles.